The summed E-state index contributed by atoms with van der Waals surface area (Å²) in [6.45, 7) is 5.06. The van der Waals surface area contributed by atoms with E-state index in [1.165, 1.54) is 6.33 Å². The second kappa shape index (κ2) is 11.7. The molecule has 0 unspecified atom stereocenters. The second-order valence-electron chi connectivity index (χ2n) is 9.66. The van der Waals surface area contributed by atoms with E-state index in [-0.39, 0.29) is 17.7 Å². The maximum atomic E-state index is 13.3. The van der Waals surface area contributed by atoms with Crippen molar-refractivity contribution in [3.05, 3.63) is 57.1 Å². The van der Waals surface area contributed by atoms with Crippen LogP contribution in [0.3, 0.4) is 0 Å². The average molecular weight is 518 g/mol. The number of nitrogens with two attached hydrogens (primary N) is 1. The van der Waals surface area contributed by atoms with Gasteiger partial charge in [0, 0.05) is 36.9 Å². The number of hydrogen-bond acceptors (Lipinski definition) is 5. The molecule has 2 N–H and O–H groups in total. The van der Waals surface area contributed by atoms with Crippen LogP contribution in [0.25, 0.3) is 0 Å². The van der Waals surface area contributed by atoms with Crippen molar-refractivity contribution >= 4 is 35.0 Å². The molecule has 4 rings (SSSR count). The molecule has 7 nitrogen and oxygen atoms in total. The molecule has 0 saturated carbocycles. The van der Waals surface area contributed by atoms with Crippen LogP contribution in [-0.4, -0.2) is 63.8 Å². The number of halogens is 2. The highest BCUT2D eigenvalue weighted by Gasteiger charge is 2.32. The molecule has 1 aromatic heterocycles. The number of carbonyl (C=O) groups excluding carboxylic acids is 2. The van der Waals surface area contributed by atoms with Crippen LogP contribution in [0.1, 0.15) is 59.4 Å². The number of primary amides is 1. The van der Waals surface area contributed by atoms with Crippen LogP contribution < -0.4 is 5.73 Å². The summed E-state index contributed by atoms with van der Waals surface area (Å²) in [4.78, 5) is 38.0. The number of nitrogens with zero attached hydrogens (tertiary/aromatic N) is 4. The molecule has 1 atom stereocenters. The Kier molecular flexibility index (Phi) is 8.63. The molecule has 2 fully saturated rings. The van der Waals surface area contributed by atoms with Crippen LogP contribution in [0, 0.1) is 12.8 Å². The van der Waals surface area contributed by atoms with Crippen molar-refractivity contribution in [2.24, 2.45) is 11.7 Å². The molecule has 2 saturated heterocycles. The Morgan fingerprint density at radius 1 is 1.06 bits per heavy atom. The minimum Gasteiger partial charge on any atom is -0.369 e. The predicted octanol–water partition coefficient (Wildman–Crippen LogP) is 4.07. The summed E-state index contributed by atoms with van der Waals surface area (Å²) < 4.78 is 0. The Morgan fingerprint density at radius 2 is 1.83 bits per heavy atom. The summed E-state index contributed by atoms with van der Waals surface area (Å²) in [6, 6.07) is 6.09. The molecule has 0 radical (unpaired) electrons. The van der Waals surface area contributed by atoms with Gasteiger partial charge in [0.15, 0.2) is 0 Å². The van der Waals surface area contributed by atoms with Gasteiger partial charge in [0.1, 0.15) is 12.0 Å². The quantitative estimate of drug-likeness (QED) is 0.597. The molecule has 1 aromatic carbocycles. The topological polar surface area (TPSA) is 92.4 Å². The lowest BCUT2D eigenvalue weighted by Crippen LogP contribution is -2.51. The van der Waals surface area contributed by atoms with Crippen LogP contribution in [0.15, 0.2) is 24.5 Å². The van der Waals surface area contributed by atoms with Crippen LogP contribution in [-0.2, 0) is 17.6 Å². The lowest BCUT2D eigenvalue weighted by Gasteiger charge is -2.41. The van der Waals surface area contributed by atoms with Crippen LogP contribution >= 0.6 is 23.2 Å². The molecule has 188 valence electrons. The second-order valence-corrected chi connectivity index (χ2v) is 10.5. The molecule has 2 amide bonds. The fraction of sp³-hybridized carbons (Fsp3) is 0.538. The number of piperidine rings is 2. The summed E-state index contributed by atoms with van der Waals surface area (Å²) in [5.41, 5.74) is 8.93. The van der Waals surface area contributed by atoms with E-state index in [1.807, 2.05) is 30.0 Å². The van der Waals surface area contributed by atoms with E-state index in [2.05, 4.69) is 14.9 Å². The lowest BCUT2D eigenvalue weighted by atomic mass is 9.93. The summed E-state index contributed by atoms with van der Waals surface area (Å²) >= 11 is 12.1. The van der Waals surface area contributed by atoms with E-state index in [0.29, 0.717) is 34.9 Å². The fourth-order valence-corrected chi connectivity index (χ4v) is 5.58. The third kappa shape index (κ3) is 6.32. The molecule has 35 heavy (non-hydrogen) atoms. The summed E-state index contributed by atoms with van der Waals surface area (Å²) in [5, 5.41) is 1.12. The summed E-state index contributed by atoms with van der Waals surface area (Å²) in [6.07, 6.45) is 7.68. The largest absolute Gasteiger partial charge is 0.369 e. The van der Waals surface area contributed by atoms with Gasteiger partial charge in [-0.1, -0.05) is 29.3 Å². The van der Waals surface area contributed by atoms with Gasteiger partial charge in [-0.25, -0.2) is 9.97 Å². The zero-order valence-electron chi connectivity index (χ0n) is 20.2. The van der Waals surface area contributed by atoms with Gasteiger partial charge in [-0.3, -0.25) is 14.5 Å². The van der Waals surface area contributed by atoms with E-state index in [0.717, 1.165) is 74.9 Å². The van der Waals surface area contributed by atoms with Crippen molar-refractivity contribution in [1.82, 2.24) is 19.8 Å². The number of aromatic nitrogens is 2. The maximum Gasteiger partial charge on any atom is 0.272 e. The summed E-state index contributed by atoms with van der Waals surface area (Å²) in [5.74, 6) is -0.278. The maximum absolute atomic E-state index is 13.3. The third-order valence-corrected chi connectivity index (χ3v) is 8.12. The first-order valence-electron chi connectivity index (χ1n) is 12.4. The molecular weight excluding hydrogens is 485 g/mol. The first kappa shape index (κ1) is 25.9. The molecule has 9 heteroatoms. The SMILES string of the molecule is Cc1c(CCCc2ccc(Cl)c(Cl)c2)ncnc1C(=O)N1CCC(N2CCC[C@H](C(N)=O)C2)CC1. The number of benzene rings is 1. The molecule has 2 aromatic rings. The van der Waals surface area contributed by atoms with Gasteiger partial charge < -0.3 is 10.6 Å². The highest BCUT2D eigenvalue weighted by molar-refractivity contribution is 6.42. The van der Waals surface area contributed by atoms with Crippen molar-refractivity contribution in [1.29, 1.82) is 0 Å². The van der Waals surface area contributed by atoms with Crippen molar-refractivity contribution in [2.75, 3.05) is 26.2 Å². The molecule has 0 spiro atoms. The number of rotatable bonds is 7. The number of carbonyl (C=O) groups is 2. The van der Waals surface area contributed by atoms with Gasteiger partial charge in [0.25, 0.3) is 5.91 Å². The van der Waals surface area contributed by atoms with Crippen molar-refractivity contribution in [3.63, 3.8) is 0 Å². The van der Waals surface area contributed by atoms with Crippen molar-refractivity contribution in [2.45, 2.75) is 57.9 Å². The lowest BCUT2D eigenvalue weighted by molar-refractivity contribution is -0.123. The third-order valence-electron chi connectivity index (χ3n) is 7.38. The van der Waals surface area contributed by atoms with Gasteiger partial charge in [-0.2, -0.15) is 0 Å². The van der Waals surface area contributed by atoms with Gasteiger partial charge in [0.05, 0.1) is 16.0 Å². The smallest absolute Gasteiger partial charge is 0.272 e. The zero-order valence-corrected chi connectivity index (χ0v) is 21.7. The molecule has 0 aliphatic carbocycles. The normalized spacial score (nSPS) is 19.6. The Morgan fingerprint density at radius 3 is 2.54 bits per heavy atom. The number of likely N-dealkylation sites (tertiary alicyclic amines) is 2. The first-order valence-corrected chi connectivity index (χ1v) is 13.2. The van der Waals surface area contributed by atoms with Gasteiger partial charge in [0.2, 0.25) is 5.91 Å². The summed E-state index contributed by atoms with van der Waals surface area (Å²) in [7, 11) is 0. The minimum absolute atomic E-state index is 0.0252. The molecule has 0 bridgehead atoms. The predicted molar refractivity (Wildman–Crippen MR) is 138 cm³/mol. The van der Waals surface area contributed by atoms with E-state index >= 15 is 0 Å². The number of amides is 2. The monoisotopic (exact) mass is 517 g/mol. The fourth-order valence-electron chi connectivity index (χ4n) is 5.26. The van der Waals surface area contributed by atoms with Gasteiger partial charge in [-0.05, 0) is 76.1 Å². The Labute approximate surface area is 217 Å². The van der Waals surface area contributed by atoms with E-state index in [9.17, 15) is 9.59 Å². The van der Waals surface area contributed by atoms with E-state index < -0.39 is 0 Å². The van der Waals surface area contributed by atoms with Crippen LogP contribution in [0.5, 0.6) is 0 Å². The highest BCUT2D eigenvalue weighted by Crippen LogP contribution is 2.26. The van der Waals surface area contributed by atoms with Gasteiger partial charge in [-0.15, -0.1) is 0 Å². The number of aryl methyl sites for hydroxylation is 2. The molecule has 3 heterocycles. The number of hydrogen-bond donors (Lipinski definition) is 1. The average Bonchev–Trinajstić information content (AvgIpc) is 2.87. The minimum atomic E-state index is -0.200. The molecular formula is C26H33Cl2N5O2. The van der Waals surface area contributed by atoms with E-state index in [4.69, 9.17) is 28.9 Å². The first-order chi connectivity index (χ1) is 16.8. The van der Waals surface area contributed by atoms with Crippen molar-refractivity contribution < 1.29 is 9.59 Å². The van der Waals surface area contributed by atoms with Crippen LogP contribution in [0.2, 0.25) is 10.0 Å². The molecule has 2 aliphatic heterocycles. The van der Waals surface area contributed by atoms with E-state index in [1.54, 1.807) is 0 Å². The highest BCUT2D eigenvalue weighted by atomic mass is 35.5. The van der Waals surface area contributed by atoms with Crippen LogP contribution in [0.4, 0.5) is 0 Å². The zero-order chi connectivity index (χ0) is 24.9. The Hall–Kier alpha value is -2.22. The van der Waals surface area contributed by atoms with Crippen molar-refractivity contribution in [3.8, 4) is 0 Å². The Balaban J connectivity index is 1.32. The molecule has 2 aliphatic rings. The standard InChI is InChI=1S/C26H33Cl2N5O2/c1-17-23(6-2-4-18-7-8-21(27)22(28)14-18)30-16-31-24(17)26(35)32-12-9-20(10-13-32)33-11-3-5-19(15-33)25(29)34/h7-8,14,16,19-20H,2-6,9-13,15H2,1H3,(H2,29,34)/t19-/m0/s1. The van der Waals surface area contributed by atoms with Gasteiger partial charge >= 0.3 is 0 Å². The Bertz CT molecular complexity index is 1070.